The van der Waals surface area contributed by atoms with Crippen molar-refractivity contribution in [2.75, 3.05) is 13.1 Å². The van der Waals surface area contributed by atoms with Gasteiger partial charge in [-0.3, -0.25) is 4.40 Å². The summed E-state index contributed by atoms with van der Waals surface area (Å²) in [5.74, 6) is 1.70. The maximum Gasteiger partial charge on any atom is 0.191 e. The first-order valence-electron chi connectivity index (χ1n) is 9.66. The summed E-state index contributed by atoms with van der Waals surface area (Å²) >= 11 is 0. The summed E-state index contributed by atoms with van der Waals surface area (Å²) in [7, 11) is 0. The monoisotopic (exact) mass is 344 g/mol. The molecule has 6 nitrogen and oxygen atoms in total. The van der Waals surface area contributed by atoms with E-state index in [1.54, 1.807) is 0 Å². The molecule has 0 atom stereocenters. The molecule has 0 amide bonds. The van der Waals surface area contributed by atoms with E-state index in [9.17, 15) is 0 Å². The first kappa shape index (κ1) is 19.2. The third-order valence-electron chi connectivity index (χ3n) is 4.18. The second kappa shape index (κ2) is 11.4. The molecule has 2 N–H and O–H groups in total. The van der Waals surface area contributed by atoms with Gasteiger partial charge in [0.15, 0.2) is 17.4 Å². The fourth-order valence-corrected chi connectivity index (χ4v) is 2.78. The standard InChI is InChI=1S/C19H32N6/c1-3-5-6-7-8-9-11-14-21-19(20-4-2)22-16-18-24-23-17-13-10-12-15-25(17)18/h10,12-13,15H,3-9,11,14,16H2,1-2H3,(H2,20,21,22). The van der Waals surface area contributed by atoms with Crippen molar-refractivity contribution in [1.82, 2.24) is 25.2 Å². The Hall–Kier alpha value is -2.11. The average Bonchev–Trinajstić information content (AvgIpc) is 3.05. The molecule has 0 saturated carbocycles. The van der Waals surface area contributed by atoms with Gasteiger partial charge in [0.2, 0.25) is 0 Å². The third kappa shape index (κ3) is 6.72. The van der Waals surface area contributed by atoms with E-state index >= 15 is 0 Å². The van der Waals surface area contributed by atoms with Crippen molar-refractivity contribution in [3.8, 4) is 0 Å². The largest absolute Gasteiger partial charge is 0.357 e. The molecule has 138 valence electrons. The number of hydrogen-bond donors (Lipinski definition) is 2. The van der Waals surface area contributed by atoms with Crippen molar-refractivity contribution in [3.05, 3.63) is 30.2 Å². The summed E-state index contributed by atoms with van der Waals surface area (Å²) in [6, 6.07) is 5.89. The smallest absolute Gasteiger partial charge is 0.191 e. The highest BCUT2D eigenvalue weighted by Crippen LogP contribution is 2.06. The molecule has 0 radical (unpaired) electrons. The van der Waals surface area contributed by atoms with Crippen LogP contribution in [0.3, 0.4) is 0 Å². The Bertz CT molecular complexity index is 634. The molecule has 0 fully saturated rings. The van der Waals surface area contributed by atoms with E-state index in [1.807, 2.05) is 28.8 Å². The van der Waals surface area contributed by atoms with Crippen LogP contribution in [0.5, 0.6) is 0 Å². The summed E-state index contributed by atoms with van der Waals surface area (Å²) < 4.78 is 1.98. The second-order valence-corrected chi connectivity index (χ2v) is 6.29. The van der Waals surface area contributed by atoms with Crippen LogP contribution in [-0.2, 0) is 6.54 Å². The third-order valence-corrected chi connectivity index (χ3v) is 4.18. The van der Waals surface area contributed by atoms with Crippen molar-refractivity contribution in [2.24, 2.45) is 4.99 Å². The minimum atomic E-state index is 0.511. The number of rotatable bonds is 11. The Morgan fingerprint density at radius 2 is 1.80 bits per heavy atom. The van der Waals surface area contributed by atoms with Crippen LogP contribution in [0.4, 0.5) is 0 Å². The van der Waals surface area contributed by atoms with Gasteiger partial charge >= 0.3 is 0 Å². The van der Waals surface area contributed by atoms with E-state index in [4.69, 9.17) is 0 Å². The Balaban J connectivity index is 1.74. The molecule has 2 aromatic rings. The summed E-state index contributed by atoms with van der Waals surface area (Å²) in [4.78, 5) is 4.64. The lowest BCUT2D eigenvalue weighted by Crippen LogP contribution is -2.37. The van der Waals surface area contributed by atoms with Crippen LogP contribution >= 0.6 is 0 Å². The maximum absolute atomic E-state index is 4.64. The van der Waals surface area contributed by atoms with E-state index in [-0.39, 0.29) is 0 Å². The number of hydrogen-bond acceptors (Lipinski definition) is 3. The van der Waals surface area contributed by atoms with Crippen LogP contribution in [0.1, 0.15) is 64.6 Å². The first-order chi connectivity index (χ1) is 12.3. The lowest BCUT2D eigenvalue weighted by atomic mass is 10.1. The normalized spacial score (nSPS) is 11.8. The first-order valence-corrected chi connectivity index (χ1v) is 9.66. The van der Waals surface area contributed by atoms with Crippen molar-refractivity contribution in [1.29, 1.82) is 0 Å². The van der Waals surface area contributed by atoms with Gasteiger partial charge in [0, 0.05) is 19.3 Å². The Morgan fingerprint density at radius 3 is 2.60 bits per heavy atom. The molecule has 2 aromatic heterocycles. The molecule has 6 heteroatoms. The quantitative estimate of drug-likeness (QED) is 0.372. The molecule has 25 heavy (non-hydrogen) atoms. The summed E-state index contributed by atoms with van der Waals surface area (Å²) in [6.07, 6.45) is 11.2. The van der Waals surface area contributed by atoms with Crippen molar-refractivity contribution in [3.63, 3.8) is 0 Å². The Morgan fingerprint density at radius 1 is 1.00 bits per heavy atom. The Kier molecular flexibility index (Phi) is 8.80. The average molecular weight is 345 g/mol. The van der Waals surface area contributed by atoms with Crippen LogP contribution in [0, 0.1) is 0 Å². The van der Waals surface area contributed by atoms with Gasteiger partial charge in [0.05, 0.1) is 0 Å². The van der Waals surface area contributed by atoms with Gasteiger partial charge in [-0.25, -0.2) is 4.99 Å². The molecule has 2 rings (SSSR count). The maximum atomic E-state index is 4.64. The molecular formula is C19H32N6. The molecule has 0 aliphatic heterocycles. The van der Waals surface area contributed by atoms with E-state index in [1.165, 1.54) is 44.9 Å². The highest BCUT2D eigenvalue weighted by molar-refractivity contribution is 5.79. The SMILES string of the molecule is CCCCCCCCCNC(=NCc1nnc2ccccn12)NCC. The van der Waals surface area contributed by atoms with Gasteiger partial charge in [-0.15, -0.1) is 10.2 Å². The topological polar surface area (TPSA) is 66.6 Å². The minimum Gasteiger partial charge on any atom is -0.357 e. The highest BCUT2D eigenvalue weighted by Gasteiger charge is 2.04. The minimum absolute atomic E-state index is 0.511. The van der Waals surface area contributed by atoms with Gasteiger partial charge in [0.25, 0.3) is 0 Å². The zero-order chi connectivity index (χ0) is 17.7. The second-order valence-electron chi connectivity index (χ2n) is 6.29. The lowest BCUT2D eigenvalue weighted by molar-refractivity contribution is 0.583. The molecule has 0 saturated heterocycles. The number of nitrogens with one attached hydrogen (secondary N) is 2. The van der Waals surface area contributed by atoms with Gasteiger partial charge in [0.1, 0.15) is 6.54 Å². The lowest BCUT2D eigenvalue weighted by Gasteiger charge is -2.11. The molecule has 0 spiro atoms. The fourth-order valence-electron chi connectivity index (χ4n) is 2.78. The van der Waals surface area contributed by atoms with Gasteiger partial charge in [-0.1, -0.05) is 51.5 Å². The number of aromatic nitrogens is 3. The fraction of sp³-hybridized carbons (Fsp3) is 0.632. The molecule has 0 unspecified atom stereocenters. The number of pyridine rings is 1. The van der Waals surface area contributed by atoms with Gasteiger partial charge in [-0.2, -0.15) is 0 Å². The predicted molar refractivity (Wildman–Crippen MR) is 104 cm³/mol. The van der Waals surface area contributed by atoms with Gasteiger partial charge < -0.3 is 10.6 Å². The van der Waals surface area contributed by atoms with Crippen LogP contribution < -0.4 is 10.6 Å². The molecule has 0 aliphatic rings. The van der Waals surface area contributed by atoms with Gasteiger partial charge in [-0.05, 0) is 25.5 Å². The number of fused-ring (bicyclic) bond motifs is 1. The van der Waals surface area contributed by atoms with E-state index in [0.717, 1.165) is 30.5 Å². The van der Waals surface area contributed by atoms with E-state index in [2.05, 4.69) is 39.7 Å². The van der Waals surface area contributed by atoms with Crippen LogP contribution in [0.25, 0.3) is 5.65 Å². The molecule has 2 heterocycles. The molecule has 0 aliphatic carbocycles. The zero-order valence-corrected chi connectivity index (χ0v) is 15.7. The summed E-state index contributed by atoms with van der Waals surface area (Å²) in [5, 5.41) is 15.1. The van der Waals surface area contributed by atoms with Crippen molar-refractivity contribution < 1.29 is 0 Å². The number of aliphatic imine (C=N–C) groups is 1. The van der Waals surface area contributed by atoms with E-state index in [0.29, 0.717) is 6.54 Å². The molecule has 0 bridgehead atoms. The number of nitrogens with zero attached hydrogens (tertiary/aromatic N) is 4. The van der Waals surface area contributed by atoms with Crippen LogP contribution in [0.2, 0.25) is 0 Å². The predicted octanol–water partition coefficient (Wildman–Crippen LogP) is 3.54. The highest BCUT2D eigenvalue weighted by atomic mass is 15.3. The summed E-state index contributed by atoms with van der Waals surface area (Å²) in [6.45, 7) is 6.66. The van der Waals surface area contributed by atoms with Crippen molar-refractivity contribution in [2.45, 2.75) is 65.3 Å². The summed E-state index contributed by atoms with van der Waals surface area (Å²) in [5.41, 5.74) is 0.855. The molecule has 0 aromatic carbocycles. The zero-order valence-electron chi connectivity index (χ0n) is 15.7. The number of unbranched alkanes of at least 4 members (excludes halogenated alkanes) is 6. The van der Waals surface area contributed by atoms with Crippen LogP contribution in [-0.4, -0.2) is 33.6 Å². The van der Waals surface area contributed by atoms with Crippen LogP contribution in [0.15, 0.2) is 29.4 Å². The van der Waals surface area contributed by atoms with E-state index < -0.39 is 0 Å². The molecular weight excluding hydrogens is 312 g/mol. The Labute approximate surface area is 151 Å². The number of guanidine groups is 1. The van der Waals surface area contributed by atoms with Crippen molar-refractivity contribution >= 4 is 11.6 Å².